The molecule has 1 aliphatic heterocycles. The minimum absolute atomic E-state index is 0.0227. The molecule has 2 heterocycles. The number of nitrogens with zero attached hydrogens (tertiary/aromatic N) is 3. The van der Waals surface area contributed by atoms with E-state index in [9.17, 15) is 4.79 Å². The normalized spacial score (nSPS) is 16.9. The van der Waals surface area contributed by atoms with Gasteiger partial charge in [0.25, 0.3) is 5.91 Å². The van der Waals surface area contributed by atoms with E-state index in [0.29, 0.717) is 5.82 Å². The number of nitrogens with one attached hydrogen (secondary N) is 1. The summed E-state index contributed by atoms with van der Waals surface area (Å²) in [5, 5.41) is 6.85. The number of likely N-dealkylation sites (tertiary alicyclic amines) is 1. The highest BCUT2D eigenvalue weighted by molar-refractivity contribution is 5.90. The standard InChI is InChI=1S/C12H20N4O/c1-2-7-10-13-11(15-14-10)12(17)16-8-5-3-4-6-9-16/h2-9H2,1H3,(H,13,14,15). The third kappa shape index (κ3) is 3.05. The Hall–Kier alpha value is -1.39. The maximum Gasteiger partial charge on any atom is 0.293 e. The van der Waals surface area contributed by atoms with Crippen LogP contribution < -0.4 is 0 Å². The lowest BCUT2D eigenvalue weighted by molar-refractivity contribution is 0.0750. The van der Waals surface area contributed by atoms with Crippen molar-refractivity contribution < 1.29 is 4.79 Å². The first kappa shape index (κ1) is 12.1. The van der Waals surface area contributed by atoms with Crippen LogP contribution in [-0.4, -0.2) is 39.1 Å². The molecule has 1 aliphatic rings. The number of aromatic nitrogens is 3. The highest BCUT2D eigenvalue weighted by Gasteiger charge is 2.20. The Morgan fingerprint density at radius 3 is 2.65 bits per heavy atom. The van der Waals surface area contributed by atoms with E-state index >= 15 is 0 Å². The molecule has 5 heteroatoms. The molecule has 0 aliphatic carbocycles. The largest absolute Gasteiger partial charge is 0.336 e. The summed E-state index contributed by atoms with van der Waals surface area (Å²) in [4.78, 5) is 18.3. The van der Waals surface area contributed by atoms with E-state index in [2.05, 4.69) is 22.1 Å². The van der Waals surface area contributed by atoms with Gasteiger partial charge in [0.15, 0.2) is 0 Å². The van der Waals surface area contributed by atoms with Gasteiger partial charge in [0, 0.05) is 19.5 Å². The van der Waals surface area contributed by atoms with Gasteiger partial charge in [-0.2, -0.15) is 0 Å². The molecular formula is C12H20N4O. The smallest absolute Gasteiger partial charge is 0.293 e. The zero-order valence-corrected chi connectivity index (χ0v) is 10.4. The van der Waals surface area contributed by atoms with Gasteiger partial charge in [0.1, 0.15) is 5.82 Å². The summed E-state index contributed by atoms with van der Waals surface area (Å²) in [5.41, 5.74) is 0. The molecule has 1 amide bonds. The van der Waals surface area contributed by atoms with Gasteiger partial charge in [-0.15, -0.1) is 5.10 Å². The summed E-state index contributed by atoms with van der Waals surface area (Å²) < 4.78 is 0. The monoisotopic (exact) mass is 236 g/mol. The minimum Gasteiger partial charge on any atom is -0.336 e. The van der Waals surface area contributed by atoms with Crippen LogP contribution in [0.1, 0.15) is 55.5 Å². The van der Waals surface area contributed by atoms with E-state index in [1.54, 1.807) is 0 Å². The van der Waals surface area contributed by atoms with Crippen LogP contribution in [0.2, 0.25) is 0 Å². The molecule has 17 heavy (non-hydrogen) atoms. The van der Waals surface area contributed by atoms with Crippen LogP contribution in [0.3, 0.4) is 0 Å². The number of carbonyl (C=O) groups is 1. The van der Waals surface area contributed by atoms with Crippen LogP contribution in [0, 0.1) is 0 Å². The number of carbonyl (C=O) groups excluding carboxylic acids is 1. The number of rotatable bonds is 3. The maximum atomic E-state index is 12.2. The van der Waals surface area contributed by atoms with Gasteiger partial charge in [-0.3, -0.25) is 9.89 Å². The molecule has 1 N–H and O–H groups in total. The number of H-pyrrole nitrogens is 1. The van der Waals surface area contributed by atoms with Crippen molar-refractivity contribution in [2.24, 2.45) is 0 Å². The average molecular weight is 236 g/mol. The highest BCUT2D eigenvalue weighted by atomic mass is 16.2. The second kappa shape index (κ2) is 5.80. The molecule has 1 saturated heterocycles. The molecule has 0 saturated carbocycles. The van der Waals surface area contributed by atoms with Crippen LogP contribution in [0.25, 0.3) is 0 Å². The fraction of sp³-hybridized carbons (Fsp3) is 0.750. The predicted molar refractivity (Wildman–Crippen MR) is 64.7 cm³/mol. The van der Waals surface area contributed by atoms with Crippen LogP contribution in [0.4, 0.5) is 0 Å². The van der Waals surface area contributed by atoms with Gasteiger partial charge in [0.2, 0.25) is 5.82 Å². The zero-order valence-electron chi connectivity index (χ0n) is 10.4. The van der Waals surface area contributed by atoms with Crippen molar-refractivity contribution in [3.8, 4) is 0 Å². The molecule has 0 aromatic carbocycles. The molecule has 1 aromatic heterocycles. The van der Waals surface area contributed by atoms with Crippen molar-refractivity contribution in [3.05, 3.63) is 11.6 Å². The lowest BCUT2D eigenvalue weighted by Gasteiger charge is -2.17. The summed E-state index contributed by atoms with van der Waals surface area (Å²) in [7, 11) is 0. The van der Waals surface area contributed by atoms with Crippen LogP contribution in [-0.2, 0) is 6.42 Å². The van der Waals surface area contributed by atoms with E-state index in [4.69, 9.17) is 0 Å². The Morgan fingerprint density at radius 2 is 2.00 bits per heavy atom. The number of aromatic amines is 1. The molecule has 0 bridgehead atoms. The lowest BCUT2D eigenvalue weighted by atomic mass is 10.2. The number of amides is 1. The van der Waals surface area contributed by atoms with Crippen molar-refractivity contribution in [3.63, 3.8) is 0 Å². The number of aryl methyl sites for hydroxylation is 1. The van der Waals surface area contributed by atoms with Crippen molar-refractivity contribution in [1.82, 2.24) is 20.1 Å². The Kier molecular flexibility index (Phi) is 4.12. The fourth-order valence-corrected chi connectivity index (χ4v) is 2.15. The summed E-state index contributed by atoms with van der Waals surface area (Å²) in [6.07, 6.45) is 6.49. The summed E-state index contributed by atoms with van der Waals surface area (Å²) in [6.45, 7) is 3.77. The Morgan fingerprint density at radius 1 is 1.29 bits per heavy atom. The SMILES string of the molecule is CCCc1nc(C(=O)N2CCCCCC2)n[nH]1. The molecule has 0 atom stereocenters. The van der Waals surface area contributed by atoms with E-state index < -0.39 is 0 Å². The zero-order chi connectivity index (χ0) is 12.1. The topological polar surface area (TPSA) is 61.9 Å². The minimum atomic E-state index is -0.0227. The first-order chi connectivity index (χ1) is 8.31. The molecule has 0 unspecified atom stereocenters. The molecule has 5 nitrogen and oxygen atoms in total. The van der Waals surface area contributed by atoms with Gasteiger partial charge in [-0.1, -0.05) is 19.8 Å². The Labute approximate surface area is 102 Å². The van der Waals surface area contributed by atoms with Crippen molar-refractivity contribution in [2.75, 3.05) is 13.1 Å². The summed E-state index contributed by atoms with van der Waals surface area (Å²) in [6, 6.07) is 0. The van der Waals surface area contributed by atoms with Crippen molar-refractivity contribution >= 4 is 5.91 Å². The van der Waals surface area contributed by atoms with E-state index in [1.165, 1.54) is 12.8 Å². The van der Waals surface area contributed by atoms with Crippen molar-refractivity contribution in [2.45, 2.75) is 45.4 Å². The van der Waals surface area contributed by atoms with Crippen LogP contribution >= 0.6 is 0 Å². The highest BCUT2D eigenvalue weighted by Crippen LogP contribution is 2.11. The first-order valence-electron chi connectivity index (χ1n) is 6.52. The van der Waals surface area contributed by atoms with Gasteiger partial charge >= 0.3 is 0 Å². The van der Waals surface area contributed by atoms with E-state index in [0.717, 1.165) is 44.6 Å². The first-order valence-corrected chi connectivity index (χ1v) is 6.52. The van der Waals surface area contributed by atoms with E-state index in [1.807, 2.05) is 4.90 Å². The summed E-state index contributed by atoms with van der Waals surface area (Å²) in [5.74, 6) is 1.12. The molecule has 0 spiro atoms. The maximum absolute atomic E-state index is 12.2. The van der Waals surface area contributed by atoms with Gasteiger partial charge in [0.05, 0.1) is 0 Å². The average Bonchev–Trinajstić information content (AvgIpc) is 2.64. The Balaban J connectivity index is 2.01. The van der Waals surface area contributed by atoms with Gasteiger partial charge in [-0.25, -0.2) is 4.98 Å². The van der Waals surface area contributed by atoms with E-state index in [-0.39, 0.29) is 5.91 Å². The molecule has 1 fully saturated rings. The van der Waals surface area contributed by atoms with Crippen LogP contribution in [0.5, 0.6) is 0 Å². The van der Waals surface area contributed by atoms with Gasteiger partial charge in [-0.05, 0) is 19.3 Å². The molecule has 0 radical (unpaired) electrons. The predicted octanol–water partition coefficient (Wildman–Crippen LogP) is 1.77. The molecule has 1 aromatic rings. The number of hydrogen-bond donors (Lipinski definition) is 1. The quantitative estimate of drug-likeness (QED) is 0.870. The third-order valence-corrected chi connectivity index (χ3v) is 3.10. The molecule has 94 valence electrons. The second-order valence-electron chi connectivity index (χ2n) is 4.56. The van der Waals surface area contributed by atoms with Crippen molar-refractivity contribution in [1.29, 1.82) is 0 Å². The van der Waals surface area contributed by atoms with Gasteiger partial charge < -0.3 is 4.90 Å². The third-order valence-electron chi connectivity index (χ3n) is 3.10. The Bertz CT molecular complexity index is 366. The second-order valence-corrected chi connectivity index (χ2v) is 4.56. The number of hydrogen-bond acceptors (Lipinski definition) is 3. The van der Waals surface area contributed by atoms with Crippen LogP contribution in [0.15, 0.2) is 0 Å². The summed E-state index contributed by atoms with van der Waals surface area (Å²) >= 11 is 0. The lowest BCUT2D eigenvalue weighted by Crippen LogP contribution is -2.32. The molecular weight excluding hydrogens is 216 g/mol. The fourth-order valence-electron chi connectivity index (χ4n) is 2.15. The molecule has 2 rings (SSSR count).